The van der Waals surface area contributed by atoms with Crippen LogP contribution in [0.5, 0.6) is 0 Å². The Morgan fingerprint density at radius 2 is 2.08 bits per heavy atom. The molecular weight excluding hydrogens is 322 g/mol. The van der Waals surface area contributed by atoms with Crippen LogP contribution in [0.1, 0.15) is 23.0 Å². The number of nitrogens with one attached hydrogen (secondary N) is 3. The zero-order chi connectivity index (χ0) is 17.6. The molecule has 8 heteroatoms. The number of fused-ring (bicyclic) bond motifs is 1. The highest BCUT2D eigenvalue weighted by Crippen LogP contribution is 2.20. The summed E-state index contributed by atoms with van der Waals surface area (Å²) in [6.45, 7) is 2.19. The first-order valence-corrected chi connectivity index (χ1v) is 7.77. The van der Waals surface area contributed by atoms with Gasteiger partial charge in [-0.05, 0) is 31.2 Å². The molecule has 2 aromatic heterocycles. The molecule has 0 aliphatic heterocycles. The lowest BCUT2D eigenvalue weighted by atomic mass is 10.2. The van der Waals surface area contributed by atoms with Gasteiger partial charge in [0, 0.05) is 17.1 Å². The second kappa shape index (κ2) is 7.43. The maximum atomic E-state index is 12.4. The number of ether oxygens (including phenoxy) is 1. The minimum Gasteiger partial charge on any atom is -0.450 e. The quantitative estimate of drug-likeness (QED) is 0.661. The third-order valence-corrected chi connectivity index (χ3v) is 3.47. The molecule has 0 radical (unpaired) electrons. The van der Waals surface area contributed by atoms with E-state index in [-0.39, 0.29) is 12.5 Å². The van der Waals surface area contributed by atoms with Crippen molar-refractivity contribution in [2.75, 3.05) is 11.9 Å². The monoisotopic (exact) mass is 339 g/mol. The van der Waals surface area contributed by atoms with E-state index in [1.165, 1.54) is 6.20 Å². The van der Waals surface area contributed by atoms with Crippen LogP contribution in [-0.2, 0) is 11.3 Å². The van der Waals surface area contributed by atoms with E-state index in [9.17, 15) is 9.59 Å². The fraction of sp³-hybridized carbons (Fsp3) is 0.176. The molecule has 1 aromatic carbocycles. The predicted octanol–water partition coefficient (Wildman–Crippen LogP) is 2.46. The van der Waals surface area contributed by atoms with Crippen LogP contribution >= 0.6 is 0 Å². The third kappa shape index (κ3) is 3.92. The number of H-pyrrole nitrogens is 1. The Balaban J connectivity index is 1.70. The molecule has 0 saturated heterocycles. The van der Waals surface area contributed by atoms with E-state index in [1.54, 1.807) is 19.1 Å². The number of anilines is 1. The summed E-state index contributed by atoms with van der Waals surface area (Å²) >= 11 is 0. The van der Waals surface area contributed by atoms with E-state index < -0.39 is 6.09 Å². The number of aromatic nitrogens is 3. The summed E-state index contributed by atoms with van der Waals surface area (Å²) in [4.78, 5) is 27.9. The molecule has 8 nitrogen and oxygen atoms in total. The molecule has 0 unspecified atom stereocenters. The van der Waals surface area contributed by atoms with E-state index in [0.717, 1.165) is 10.9 Å². The van der Waals surface area contributed by atoms with E-state index in [4.69, 9.17) is 4.74 Å². The van der Waals surface area contributed by atoms with Crippen molar-refractivity contribution >= 4 is 28.7 Å². The molecule has 0 atom stereocenters. The van der Waals surface area contributed by atoms with Gasteiger partial charge in [-0.15, -0.1) is 0 Å². The number of hydrogen-bond donors (Lipinski definition) is 3. The van der Waals surface area contributed by atoms with Crippen molar-refractivity contribution in [1.82, 2.24) is 20.5 Å². The number of pyridine rings is 1. The number of benzene rings is 1. The second-order valence-corrected chi connectivity index (χ2v) is 5.18. The highest BCUT2D eigenvalue weighted by Gasteiger charge is 2.12. The molecule has 25 heavy (non-hydrogen) atoms. The number of aromatic amines is 1. The van der Waals surface area contributed by atoms with Crippen molar-refractivity contribution in [3.63, 3.8) is 0 Å². The number of alkyl carbamates (subject to hydrolysis) is 1. The molecule has 0 aliphatic carbocycles. The predicted molar refractivity (Wildman–Crippen MR) is 92.1 cm³/mol. The highest BCUT2D eigenvalue weighted by molar-refractivity contribution is 6.07. The molecule has 2 amide bonds. The lowest BCUT2D eigenvalue weighted by Gasteiger charge is -2.07. The molecule has 0 saturated carbocycles. The van der Waals surface area contributed by atoms with Gasteiger partial charge in [-0.3, -0.25) is 14.9 Å². The Kier molecular flexibility index (Phi) is 4.89. The van der Waals surface area contributed by atoms with Crippen molar-refractivity contribution in [3.05, 3.63) is 53.9 Å². The standard InChI is InChI=1S/C17H17N5O3/c1-2-25-17(24)19-10-12-9-11(7-8-18-12)16(23)20-15-13-5-3-4-6-14(13)21-22-15/h3-9H,2,10H2,1H3,(H,19,24)(H2,20,21,22,23). The summed E-state index contributed by atoms with van der Waals surface area (Å²) < 4.78 is 4.78. The molecule has 3 aromatic rings. The average Bonchev–Trinajstić information content (AvgIpc) is 3.03. The van der Waals surface area contributed by atoms with Gasteiger partial charge in [0.05, 0.1) is 24.4 Å². The fourth-order valence-electron chi connectivity index (χ4n) is 2.30. The van der Waals surface area contributed by atoms with Crippen LogP contribution < -0.4 is 10.6 Å². The molecule has 3 N–H and O–H groups in total. The van der Waals surface area contributed by atoms with E-state index in [0.29, 0.717) is 23.7 Å². The summed E-state index contributed by atoms with van der Waals surface area (Å²) in [6, 6.07) is 10.7. The number of carbonyl (C=O) groups excluding carboxylic acids is 2. The molecule has 0 aliphatic rings. The van der Waals surface area contributed by atoms with Gasteiger partial charge in [0.2, 0.25) is 0 Å². The van der Waals surface area contributed by atoms with Gasteiger partial charge in [0.1, 0.15) is 0 Å². The number of carbonyl (C=O) groups is 2. The Labute approximate surface area is 143 Å². The number of rotatable bonds is 5. The number of para-hydroxylation sites is 1. The van der Waals surface area contributed by atoms with Gasteiger partial charge in [-0.1, -0.05) is 12.1 Å². The van der Waals surface area contributed by atoms with Crippen LogP contribution in [0.25, 0.3) is 10.9 Å². The zero-order valence-corrected chi connectivity index (χ0v) is 13.6. The van der Waals surface area contributed by atoms with Crippen LogP contribution in [0, 0.1) is 0 Å². The van der Waals surface area contributed by atoms with Crippen molar-refractivity contribution in [2.24, 2.45) is 0 Å². The van der Waals surface area contributed by atoms with Gasteiger partial charge in [0.15, 0.2) is 5.82 Å². The number of hydrogen-bond acceptors (Lipinski definition) is 5. The van der Waals surface area contributed by atoms with Crippen LogP contribution in [0.3, 0.4) is 0 Å². The molecule has 2 heterocycles. The summed E-state index contributed by atoms with van der Waals surface area (Å²) in [6.07, 6.45) is 0.988. The summed E-state index contributed by atoms with van der Waals surface area (Å²) in [5, 5.41) is 13.1. The number of nitrogens with zero attached hydrogens (tertiary/aromatic N) is 2. The van der Waals surface area contributed by atoms with Crippen LogP contribution in [0.2, 0.25) is 0 Å². The van der Waals surface area contributed by atoms with Crippen molar-refractivity contribution in [1.29, 1.82) is 0 Å². The van der Waals surface area contributed by atoms with Crippen molar-refractivity contribution in [3.8, 4) is 0 Å². The first kappa shape index (κ1) is 16.4. The van der Waals surface area contributed by atoms with Crippen LogP contribution in [-0.4, -0.2) is 33.8 Å². The molecule has 0 fully saturated rings. The van der Waals surface area contributed by atoms with Crippen molar-refractivity contribution < 1.29 is 14.3 Å². The summed E-state index contributed by atoms with van der Waals surface area (Å²) in [7, 11) is 0. The molecular formula is C17H17N5O3. The topological polar surface area (TPSA) is 109 Å². The Hall–Kier alpha value is -3.42. The summed E-state index contributed by atoms with van der Waals surface area (Å²) in [5.74, 6) is 0.153. The smallest absolute Gasteiger partial charge is 0.407 e. The van der Waals surface area contributed by atoms with E-state index >= 15 is 0 Å². The molecule has 128 valence electrons. The average molecular weight is 339 g/mol. The SMILES string of the molecule is CCOC(=O)NCc1cc(C(=O)Nc2n[nH]c3ccccc23)ccn1. The Bertz CT molecular complexity index is 906. The number of amides is 2. The minimum absolute atomic E-state index is 0.172. The lowest BCUT2D eigenvalue weighted by Crippen LogP contribution is -2.24. The van der Waals surface area contributed by atoms with E-state index in [2.05, 4.69) is 25.8 Å². The van der Waals surface area contributed by atoms with Gasteiger partial charge < -0.3 is 15.4 Å². The van der Waals surface area contributed by atoms with Crippen LogP contribution in [0.4, 0.5) is 10.6 Å². The van der Waals surface area contributed by atoms with Gasteiger partial charge in [-0.2, -0.15) is 5.10 Å². The normalized spacial score (nSPS) is 10.4. The van der Waals surface area contributed by atoms with Gasteiger partial charge >= 0.3 is 6.09 Å². The minimum atomic E-state index is -0.526. The maximum Gasteiger partial charge on any atom is 0.407 e. The fourth-order valence-corrected chi connectivity index (χ4v) is 2.30. The third-order valence-electron chi connectivity index (χ3n) is 3.47. The second-order valence-electron chi connectivity index (χ2n) is 5.18. The molecule has 0 bridgehead atoms. The van der Waals surface area contributed by atoms with E-state index in [1.807, 2.05) is 24.3 Å². The van der Waals surface area contributed by atoms with Crippen LogP contribution in [0.15, 0.2) is 42.6 Å². The maximum absolute atomic E-state index is 12.4. The largest absolute Gasteiger partial charge is 0.450 e. The lowest BCUT2D eigenvalue weighted by molar-refractivity contribution is 0.102. The Morgan fingerprint density at radius 1 is 1.24 bits per heavy atom. The first-order chi connectivity index (χ1) is 12.2. The first-order valence-electron chi connectivity index (χ1n) is 7.77. The Morgan fingerprint density at radius 3 is 2.92 bits per heavy atom. The summed E-state index contributed by atoms with van der Waals surface area (Å²) in [5.41, 5.74) is 1.81. The molecule has 3 rings (SSSR count). The van der Waals surface area contributed by atoms with Crippen molar-refractivity contribution in [2.45, 2.75) is 13.5 Å². The highest BCUT2D eigenvalue weighted by atomic mass is 16.5. The molecule has 0 spiro atoms. The van der Waals surface area contributed by atoms with Gasteiger partial charge in [0.25, 0.3) is 5.91 Å². The zero-order valence-electron chi connectivity index (χ0n) is 13.6. The van der Waals surface area contributed by atoms with Gasteiger partial charge in [-0.25, -0.2) is 4.79 Å².